The average molecular weight is 403 g/mol. The maximum Gasteiger partial charge on any atom is 0.270 e. The number of hydrogen-bond acceptors (Lipinski definition) is 6. The zero-order valence-corrected chi connectivity index (χ0v) is 16.8. The van der Waals surface area contributed by atoms with Crippen LogP contribution in [0.4, 0.5) is 0 Å². The molecule has 30 heavy (non-hydrogen) atoms. The van der Waals surface area contributed by atoms with Crippen LogP contribution in [0.25, 0.3) is 17.0 Å². The van der Waals surface area contributed by atoms with Gasteiger partial charge < -0.3 is 14.6 Å². The number of carbonyl (C=O) groups is 1. The average Bonchev–Trinajstić information content (AvgIpc) is 3.46. The highest BCUT2D eigenvalue weighted by Gasteiger charge is 2.26. The van der Waals surface area contributed by atoms with E-state index < -0.39 is 0 Å². The Morgan fingerprint density at radius 2 is 2.17 bits per heavy atom. The first-order chi connectivity index (χ1) is 14.6. The first-order valence-electron chi connectivity index (χ1n) is 9.80. The maximum absolute atomic E-state index is 12.9. The number of hydrogen-bond donors (Lipinski definition) is 1. The number of fused-ring (bicyclic) bond motifs is 2. The molecule has 1 aliphatic carbocycles. The fourth-order valence-electron chi connectivity index (χ4n) is 3.96. The van der Waals surface area contributed by atoms with Crippen LogP contribution in [0.2, 0.25) is 0 Å². The number of amides is 1. The van der Waals surface area contributed by atoms with Crippen LogP contribution in [-0.4, -0.2) is 32.5 Å². The number of rotatable bonds is 5. The summed E-state index contributed by atoms with van der Waals surface area (Å²) in [4.78, 5) is 21.4. The molecule has 5 rings (SSSR count). The SMILES string of the molecule is COCc1cc(-c2ccc3c(c2)CC[C@H]3NC(=O)c2cnc3ncc(C)cn23)no1. The molecule has 3 aromatic heterocycles. The van der Waals surface area contributed by atoms with Crippen molar-refractivity contribution in [2.24, 2.45) is 0 Å². The van der Waals surface area contributed by atoms with Crippen LogP contribution >= 0.6 is 0 Å². The molecular formula is C22H21N5O3. The third-order valence-electron chi connectivity index (χ3n) is 5.39. The molecule has 0 unspecified atom stereocenters. The minimum Gasteiger partial charge on any atom is -0.377 e. The van der Waals surface area contributed by atoms with Crippen LogP contribution in [-0.2, 0) is 17.8 Å². The van der Waals surface area contributed by atoms with Crippen LogP contribution in [0.15, 0.2) is 47.4 Å². The van der Waals surface area contributed by atoms with E-state index in [-0.39, 0.29) is 11.9 Å². The quantitative estimate of drug-likeness (QED) is 0.550. The van der Waals surface area contributed by atoms with Crippen LogP contribution in [0.1, 0.15) is 45.4 Å². The molecule has 3 heterocycles. The van der Waals surface area contributed by atoms with Crippen LogP contribution in [0.3, 0.4) is 0 Å². The summed E-state index contributed by atoms with van der Waals surface area (Å²) in [7, 11) is 1.62. The molecule has 1 aromatic carbocycles. The van der Waals surface area contributed by atoms with Gasteiger partial charge in [0.05, 0.1) is 12.2 Å². The van der Waals surface area contributed by atoms with Crippen molar-refractivity contribution in [1.82, 2.24) is 24.8 Å². The summed E-state index contributed by atoms with van der Waals surface area (Å²) >= 11 is 0. The molecular weight excluding hydrogens is 382 g/mol. The van der Waals surface area contributed by atoms with Gasteiger partial charge in [-0.2, -0.15) is 0 Å². The molecule has 0 radical (unpaired) electrons. The van der Waals surface area contributed by atoms with E-state index in [1.54, 1.807) is 23.9 Å². The lowest BCUT2D eigenvalue weighted by molar-refractivity contribution is 0.0930. The van der Waals surface area contributed by atoms with E-state index in [1.807, 2.05) is 25.3 Å². The van der Waals surface area contributed by atoms with Gasteiger partial charge in [-0.25, -0.2) is 9.97 Å². The molecule has 0 bridgehead atoms. The topological polar surface area (TPSA) is 94.5 Å². The molecule has 1 amide bonds. The van der Waals surface area contributed by atoms with Crippen LogP contribution < -0.4 is 5.32 Å². The number of methoxy groups -OCH3 is 1. The Kier molecular flexibility index (Phi) is 4.55. The Bertz CT molecular complexity index is 1240. The predicted molar refractivity (Wildman–Crippen MR) is 109 cm³/mol. The molecule has 1 atom stereocenters. The normalized spacial score (nSPS) is 15.5. The molecule has 0 fully saturated rings. The van der Waals surface area contributed by atoms with Crippen molar-refractivity contribution < 1.29 is 14.1 Å². The maximum atomic E-state index is 12.9. The van der Waals surface area contributed by atoms with Crippen LogP contribution in [0.5, 0.6) is 0 Å². The van der Waals surface area contributed by atoms with Gasteiger partial charge in [-0.05, 0) is 42.5 Å². The highest BCUT2D eigenvalue weighted by atomic mass is 16.5. The van der Waals surface area contributed by atoms with Gasteiger partial charge in [-0.15, -0.1) is 0 Å². The lowest BCUT2D eigenvalue weighted by Gasteiger charge is -2.14. The molecule has 152 valence electrons. The number of imidazole rings is 1. The number of benzene rings is 1. The Balaban J connectivity index is 1.36. The van der Waals surface area contributed by atoms with Gasteiger partial charge in [-0.1, -0.05) is 17.3 Å². The van der Waals surface area contributed by atoms with E-state index >= 15 is 0 Å². The largest absolute Gasteiger partial charge is 0.377 e. The Hall–Kier alpha value is -3.52. The second kappa shape index (κ2) is 7.38. The third-order valence-corrected chi connectivity index (χ3v) is 5.39. The van der Waals surface area contributed by atoms with Gasteiger partial charge in [-0.3, -0.25) is 9.20 Å². The monoisotopic (exact) mass is 403 g/mol. The molecule has 0 aliphatic heterocycles. The van der Waals surface area contributed by atoms with Gasteiger partial charge in [0.2, 0.25) is 5.78 Å². The number of carbonyl (C=O) groups excluding carboxylic acids is 1. The molecule has 4 aromatic rings. The smallest absolute Gasteiger partial charge is 0.270 e. The second-order valence-corrected chi connectivity index (χ2v) is 7.53. The number of nitrogens with one attached hydrogen (secondary N) is 1. The van der Waals surface area contributed by atoms with Gasteiger partial charge in [0.1, 0.15) is 18.0 Å². The standard InChI is InChI=1S/C22H21N5O3/c1-13-9-23-22-24-10-20(27(22)11-13)21(28)25-18-6-4-14-7-15(3-5-17(14)18)19-8-16(12-29-2)30-26-19/h3,5,7-11,18H,4,6,12H2,1-2H3,(H,25,28)/t18-/m1/s1. The fraction of sp³-hybridized carbons (Fsp3) is 0.273. The molecule has 8 nitrogen and oxygen atoms in total. The highest BCUT2D eigenvalue weighted by Crippen LogP contribution is 2.34. The van der Waals surface area contributed by atoms with Crippen molar-refractivity contribution in [3.8, 4) is 11.3 Å². The van der Waals surface area contributed by atoms with E-state index in [2.05, 4.69) is 32.6 Å². The van der Waals surface area contributed by atoms with Gasteiger partial charge >= 0.3 is 0 Å². The van der Waals surface area contributed by atoms with Crippen molar-refractivity contribution in [3.05, 3.63) is 71.0 Å². The summed E-state index contributed by atoms with van der Waals surface area (Å²) in [5, 5.41) is 7.28. The summed E-state index contributed by atoms with van der Waals surface area (Å²) in [5.41, 5.74) is 5.58. The number of aromatic nitrogens is 4. The van der Waals surface area contributed by atoms with Crippen molar-refractivity contribution in [2.45, 2.75) is 32.4 Å². The van der Waals surface area contributed by atoms with Crippen LogP contribution in [0, 0.1) is 6.92 Å². The van der Waals surface area contributed by atoms with E-state index in [0.29, 0.717) is 23.8 Å². The zero-order chi connectivity index (χ0) is 20.7. The lowest BCUT2D eigenvalue weighted by atomic mass is 10.0. The molecule has 0 saturated heterocycles. The predicted octanol–water partition coefficient (Wildman–Crippen LogP) is 3.26. The Morgan fingerprint density at radius 3 is 3.03 bits per heavy atom. The Morgan fingerprint density at radius 1 is 1.30 bits per heavy atom. The summed E-state index contributed by atoms with van der Waals surface area (Å²) in [5.74, 6) is 1.05. The molecule has 1 N–H and O–H groups in total. The van der Waals surface area contributed by atoms with Gasteiger partial charge in [0, 0.05) is 31.1 Å². The first-order valence-corrected chi connectivity index (χ1v) is 9.80. The fourth-order valence-corrected chi connectivity index (χ4v) is 3.96. The summed E-state index contributed by atoms with van der Waals surface area (Å²) in [6, 6.07) is 8.05. The van der Waals surface area contributed by atoms with Crippen molar-refractivity contribution >= 4 is 11.7 Å². The molecule has 0 saturated carbocycles. The first kappa shape index (κ1) is 18.5. The van der Waals surface area contributed by atoms with Crippen molar-refractivity contribution in [2.75, 3.05) is 7.11 Å². The Labute approximate surface area is 172 Å². The molecule has 8 heteroatoms. The summed E-state index contributed by atoms with van der Waals surface area (Å²) in [6.07, 6.45) is 6.92. The third kappa shape index (κ3) is 3.25. The number of aryl methyl sites for hydroxylation is 2. The van der Waals surface area contributed by atoms with Gasteiger partial charge in [0.25, 0.3) is 5.91 Å². The molecule has 0 spiro atoms. The summed E-state index contributed by atoms with van der Waals surface area (Å²) < 4.78 is 12.1. The van der Waals surface area contributed by atoms with Gasteiger partial charge in [0.15, 0.2) is 5.76 Å². The minimum absolute atomic E-state index is 0.0359. The van der Waals surface area contributed by atoms with Crippen molar-refractivity contribution in [1.29, 1.82) is 0 Å². The van der Waals surface area contributed by atoms with Crippen molar-refractivity contribution in [3.63, 3.8) is 0 Å². The van der Waals surface area contributed by atoms with E-state index in [4.69, 9.17) is 9.26 Å². The van der Waals surface area contributed by atoms with E-state index in [1.165, 1.54) is 5.56 Å². The second-order valence-electron chi connectivity index (χ2n) is 7.53. The number of nitrogens with zero attached hydrogens (tertiary/aromatic N) is 4. The van der Waals surface area contributed by atoms with E-state index in [9.17, 15) is 4.79 Å². The minimum atomic E-state index is -0.155. The zero-order valence-electron chi connectivity index (χ0n) is 16.8. The van der Waals surface area contributed by atoms with E-state index in [0.717, 1.165) is 35.2 Å². The summed E-state index contributed by atoms with van der Waals surface area (Å²) in [6.45, 7) is 2.33. The highest BCUT2D eigenvalue weighted by molar-refractivity contribution is 5.93. The lowest BCUT2D eigenvalue weighted by Crippen LogP contribution is -2.28. The molecule has 1 aliphatic rings. The number of ether oxygens (including phenoxy) is 1.